The fourth-order valence-corrected chi connectivity index (χ4v) is 3.25. The molecule has 0 spiro atoms. The second-order valence-electron chi connectivity index (χ2n) is 6.72. The molecule has 2 unspecified atom stereocenters. The van der Waals surface area contributed by atoms with Gasteiger partial charge in [0.1, 0.15) is 0 Å². The first kappa shape index (κ1) is 17.0. The SMILES string of the molecule is CC(C)c1ccc(NC(=O)CN2CCCC(C)C2CN)cc1. The maximum atomic E-state index is 12.3. The van der Waals surface area contributed by atoms with E-state index in [1.54, 1.807) is 0 Å². The molecule has 1 amide bonds. The lowest BCUT2D eigenvalue weighted by Crippen LogP contribution is -2.51. The molecular weight excluding hydrogens is 274 g/mol. The van der Waals surface area contributed by atoms with E-state index in [1.807, 2.05) is 12.1 Å². The van der Waals surface area contributed by atoms with Crippen molar-refractivity contribution in [3.63, 3.8) is 0 Å². The number of carbonyl (C=O) groups excluding carboxylic acids is 1. The summed E-state index contributed by atoms with van der Waals surface area (Å²) in [5.41, 5.74) is 8.03. The lowest BCUT2D eigenvalue weighted by molar-refractivity contribution is -0.118. The molecule has 0 bridgehead atoms. The van der Waals surface area contributed by atoms with Gasteiger partial charge in [-0.05, 0) is 48.9 Å². The van der Waals surface area contributed by atoms with Crippen molar-refractivity contribution in [2.45, 2.75) is 45.6 Å². The van der Waals surface area contributed by atoms with Gasteiger partial charge in [-0.1, -0.05) is 32.9 Å². The van der Waals surface area contributed by atoms with Crippen LogP contribution in [0.4, 0.5) is 5.69 Å². The molecule has 1 aromatic rings. The lowest BCUT2D eigenvalue weighted by atomic mass is 9.91. The lowest BCUT2D eigenvalue weighted by Gasteiger charge is -2.38. The van der Waals surface area contributed by atoms with Gasteiger partial charge in [-0.15, -0.1) is 0 Å². The second kappa shape index (κ2) is 7.75. The Morgan fingerprint density at radius 1 is 1.36 bits per heavy atom. The van der Waals surface area contributed by atoms with Crippen LogP contribution in [-0.2, 0) is 4.79 Å². The highest BCUT2D eigenvalue weighted by Crippen LogP contribution is 2.22. The van der Waals surface area contributed by atoms with Crippen LogP contribution in [0.2, 0.25) is 0 Å². The molecule has 1 heterocycles. The van der Waals surface area contributed by atoms with Gasteiger partial charge >= 0.3 is 0 Å². The third kappa shape index (κ3) is 4.31. The minimum Gasteiger partial charge on any atom is -0.329 e. The molecule has 4 heteroatoms. The van der Waals surface area contributed by atoms with Gasteiger partial charge in [0.2, 0.25) is 5.91 Å². The topological polar surface area (TPSA) is 58.4 Å². The van der Waals surface area contributed by atoms with Crippen LogP contribution >= 0.6 is 0 Å². The zero-order valence-electron chi connectivity index (χ0n) is 14.0. The number of anilines is 1. The number of hydrogen-bond acceptors (Lipinski definition) is 3. The molecule has 1 fully saturated rings. The first-order chi connectivity index (χ1) is 10.5. The van der Waals surface area contributed by atoms with Crippen LogP contribution in [0.25, 0.3) is 0 Å². The minimum absolute atomic E-state index is 0.0462. The smallest absolute Gasteiger partial charge is 0.238 e. The van der Waals surface area contributed by atoms with Crippen molar-refractivity contribution >= 4 is 11.6 Å². The summed E-state index contributed by atoms with van der Waals surface area (Å²) in [6.45, 7) is 8.57. The summed E-state index contributed by atoms with van der Waals surface area (Å²) in [5, 5.41) is 2.99. The van der Waals surface area contributed by atoms with E-state index in [0.29, 0.717) is 31.0 Å². The van der Waals surface area contributed by atoms with Crippen LogP contribution in [0.1, 0.15) is 45.1 Å². The predicted octanol–water partition coefficient (Wildman–Crippen LogP) is 2.81. The van der Waals surface area contributed by atoms with E-state index < -0.39 is 0 Å². The molecule has 2 atom stereocenters. The van der Waals surface area contributed by atoms with Crippen LogP contribution in [0.5, 0.6) is 0 Å². The van der Waals surface area contributed by atoms with Gasteiger partial charge in [-0.2, -0.15) is 0 Å². The molecule has 22 heavy (non-hydrogen) atoms. The first-order valence-electron chi connectivity index (χ1n) is 8.35. The summed E-state index contributed by atoms with van der Waals surface area (Å²) in [7, 11) is 0. The second-order valence-corrected chi connectivity index (χ2v) is 6.72. The fourth-order valence-electron chi connectivity index (χ4n) is 3.25. The van der Waals surface area contributed by atoms with Crippen LogP contribution in [-0.4, -0.2) is 36.5 Å². The van der Waals surface area contributed by atoms with Crippen LogP contribution < -0.4 is 11.1 Å². The number of carbonyl (C=O) groups is 1. The van der Waals surface area contributed by atoms with Gasteiger partial charge in [0.25, 0.3) is 0 Å². The number of rotatable bonds is 5. The van der Waals surface area contributed by atoms with E-state index in [9.17, 15) is 4.79 Å². The van der Waals surface area contributed by atoms with E-state index in [0.717, 1.165) is 18.7 Å². The highest BCUT2D eigenvalue weighted by molar-refractivity contribution is 5.92. The molecule has 1 aromatic carbocycles. The maximum absolute atomic E-state index is 12.3. The van der Waals surface area contributed by atoms with Gasteiger partial charge in [0, 0.05) is 18.3 Å². The number of nitrogens with two attached hydrogens (primary N) is 1. The minimum atomic E-state index is 0.0462. The Morgan fingerprint density at radius 2 is 2.05 bits per heavy atom. The Labute approximate surface area is 134 Å². The molecule has 3 N–H and O–H groups in total. The summed E-state index contributed by atoms with van der Waals surface area (Å²) >= 11 is 0. The summed E-state index contributed by atoms with van der Waals surface area (Å²) in [6, 6.07) is 8.43. The summed E-state index contributed by atoms with van der Waals surface area (Å²) in [6.07, 6.45) is 2.35. The van der Waals surface area contributed by atoms with Crippen molar-refractivity contribution in [2.24, 2.45) is 11.7 Å². The Morgan fingerprint density at radius 3 is 2.64 bits per heavy atom. The number of benzene rings is 1. The average molecular weight is 303 g/mol. The van der Waals surface area contributed by atoms with Crippen molar-refractivity contribution in [3.8, 4) is 0 Å². The van der Waals surface area contributed by atoms with Gasteiger partial charge < -0.3 is 11.1 Å². The van der Waals surface area contributed by atoms with Crippen LogP contribution in [0.3, 0.4) is 0 Å². The van der Waals surface area contributed by atoms with E-state index in [2.05, 4.69) is 43.1 Å². The van der Waals surface area contributed by atoms with E-state index in [4.69, 9.17) is 5.73 Å². The van der Waals surface area contributed by atoms with Crippen LogP contribution in [0, 0.1) is 5.92 Å². The van der Waals surface area contributed by atoms with Crippen molar-refractivity contribution in [3.05, 3.63) is 29.8 Å². The Bertz CT molecular complexity index is 484. The third-order valence-corrected chi connectivity index (χ3v) is 4.68. The summed E-state index contributed by atoms with van der Waals surface area (Å²) < 4.78 is 0. The van der Waals surface area contributed by atoms with Gasteiger partial charge in [-0.25, -0.2) is 0 Å². The Balaban J connectivity index is 1.91. The fraction of sp³-hybridized carbons (Fsp3) is 0.611. The van der Waals surface area contributed by atoms with Crippen LogP contribution in [0.15, 0.2) is 24.3 Å². The number of likely N-dealkylation sites (tertiary alicyclic amines) is 1. The van der Waals surface area contributed by atoms with Gasteiger partial charge in [0.15, 0.2) is 0 Å². The normalized spacial score (nSPS) is 22.8. The molecule has 0 aromatic heterocycles. The van der Waals surface area contributed by atoms with Crippen molar-refractivity contribution < 1.29 is 4.79 Å². The zero-order valence-corrected chi connectivity index (χ0v) is 14.0. The molecule has 1 aliphatic heterocycles. The van der Waals surface area contributed by atoms with E-state index in [1.165, 1.54) is 12.0 Å². The zero-order chi connectivity index (χ0) is 16.1. The molecule has 1 saturated heterocycles. The standard InChI is InChI=1S/C18H29N3O/c1-13(2)15-6-8-16(9-7-15)20-18(22)12-21-10-4-5-14(3)17(21)11-19/h6-9,13-14,17H,4-5,10-12,19H2,1-3H3,(H,20,22). The average Bonchev–Trinajstić information content (AvgIpc) is 2.48. The van der Waals surface area contributed by atoms with Crippen molar-refractivity contribution in [1.82, 2.24) is 4.90 Å². The number of nitrogens with one attached hydrogen (secondary N) is 1. The molecule has 4 nitrogen and oxygen atoms in total. The molecule has 0 radical (unpaired) electrons. The predicted molar refractivity (Wildman–Crippen MR) is 92.0 cm³/mol. The third-order valence-electron chi connectivity index (χ3n) is 4.68. The number of hydrogen-bond donors (Lipinski definition) is 2. The molecular formula is C18H29N3O. The van der Waals surface area contributed by atoms with Crippen molar-refractivity contribution in [2.75, 3.05) is 25.0 Å². The molecule has 1 aliphatic rings. The molecule has 122 valence electrons. The Hall–Kier alpha value is -1.39. The molecule has 2 rings (SSSR count). The number of nitrogens with zero attached hydrogens (tertiary/aromatic N) is 1. The first-order valence-corrected chi connectivity index (χ1v) is 8.35. The largest absolute Gasteiger partial charge is 0.329 e. The van der Waals surface area contributed by atoms with Crippen molar-refractivity contribution in [1.29, 1.82) is 0 Å². The van der Waals surface area contributed by atoms with E-state index >= 15 is 0 Å². The number of amides is 1. The number of piperidine rings is 1. The highest BCUT2D eigenvalue weighted by atomic mass is 16.2. The highest BCUT2D eigenvalue weighted by Gasteiger charge is 2.28. The molecule has 0 saturated carbocycles. The molecule has 0 aliphatic carbocycles. The Kier molecular flexibility index (Phi) is 5.98. The van der Waals surface area contributed by atoms with Gasteiger partial charge in [0.05, 0.1) is 6.54 Å². The maximum Gasteiger partial charge on any atom is 0.238 e. The summed E-state index contributed by atoms with van der Waals surface area (Å²) in [4.78, 5) is 14.5. The van der Waals surface area contributed by atoms with Gasteiger partial charge in [-0.3, -0.25) is 9.69 Å². The van der Waals surface area contributed by atoms with E-state index in [-0.39, 0.29) is 5.91 Å². The monoisotopic (exact) mass is 303 g/mol. The summed E-state index contributed by atoms with van der Waals surface area (Å²) in [5.74, 6) is 1.12. The quantitative estimate of drug-likeness (QED) is 0.879.